The number of fused-ring (bicyclic) bond motifs is 1. The molecule has 0 bridgehead atoms. The van der Waals surface area contributed by atoms with E-state index in [-0.39, 0.29) is 32.9 Å². The maximum Gasteiger partial charge on any atom is 0.410 e. The summed E-state index contributed by atoms with van der Waals surface area (Å²) in [6.07, 6.45) is 1.77. The minimum Gasteiger partial charge on any atom is -0.497 e. The molecular weight excluding hydrogens is 606 g/mol. The van der Waals surface area contributed by atoms with Crippen LogP contribution < -0.4 is 29.6 Å². The number of carbonyl (C=O) groups is 3. The SMILES string of the molecule is CCCC[C@@H](COC(=O)N(Cc1ccc(OC)cc1)C(c1ccc(OC)cc1)c1ccc2c(c1)OCO2)NC(=O)NCCC(=O)OC. The lowest BCUT2D eigenvalue weighted by Gasteiger charge is -2.33. The van der Waals surface area contributed by atoms with Gasteiger partial charge in [0.25, 0.3) is 0 Å². The summed E-state index contributed by atoms with van der Waals surface area (Å²) in [4.78, 5) is 39.9. The standard InChI is InChI=1S/C35H43N3O9/c1-5-6-7-27(37-34(40)36-19-18-32(39)44-4)22-45-35(41)38(21-24-8-13-28(42-2)14-9-24)33(25-10-15-29(43-3)16-11-25)26-12-17-30-31(20-26)47-23-46-30/h8-17,20,27,33H,5-7,18-19,21-23H2,1-4H3,(H2,36,37,40)/t27-,33?/m0/s1. The Labute approximate surface area is 275 Å². The summed E-state index contributed by atoms with van der Waals surface area (Å²) in [6, 6.07) is 19.1. The van der Waals surface area contributed by atoms with Crippen LogP contribution in [0, 0.1) is 0 Å². The summed E-state index contributed by atoms with van der Waals surface area (Å²) < 4.78 is 32.6. The van der Waals surface area contributed by atoms with Gasteiger partial charge in [0.05, 0.1) is 39.8 Å². The van der Waals surface area contributed by atoms with Crippen LogP contribution in [0.5, 0.6) is 23.0 Å². The maximum absolute atomic E-state index is 14.2. The Balaban J connectivity index is 1.62. The molecule has 0 saturated carbocycles. The molecule has 1 aliphatic heterocycles. The Morgan fingerprint density at radius 1 is 0.872 bits per heavy atom. The van der Waals surface area contributed by atoms with Gasteiger partial charge < -0.3 is 39.1 Å². The Morgan fingerprint density at radius 3 is 2.19 bits per heavy atom. The second kappa shape index (κ2) is 17.5. The summed E-state index contributed by atoms with van der Waals surface area (Å²) in [5, 5.41) is 5.53. The lowest BCUT2D eigenvalue weighted by Crippen LogP contribution is -2.46. The van der Waals surface area contributed by atoms with Crippen LogP contribution in [0.1, 0.15) is 55.3 Å². The van der Waals surface area contributed by atoms with E-state index in [9.17, 15) is 14.4 Å². The minimum atomic E-state index is -0.589. The van der Waals surface area contributed by atoms with Gasteiger partial charge in [-0.3, -0.25) is 9.69 Å². The molecule has 252 valence electrons. The maximum atomic E-state index is 14.2. The third-order valence-corrected chi connectivity index (χ3v) is 7.69. The lowest BCUT2D eigenvalue weighted by molar-refractivity contribution is -0.140. The molecule has 2 atom stereocenters. The fourth-order valence-electron chi connectivity index (χ4n) is 5.13. The van der Waals surface area contributed by atoms with Crippen LogP contribution in [0.15, 0.2) is 66.7 Å². The van der Waals surface area contributed by atoms with E-state index in [1.165, 1.54) is 7.11 Å². The van der Waals surface area contributed by atoms with Crippen LogP contribution in [-0.2, 0) is 20.8 Å². The number of hydrogen-bond donors (Lipinski definition) is 2. The predicted molar refractivity (Wildman–Crippen MR) is 174 cm³/mol. The van der Waals surface area contributed by atoms with E-state index in [1.807, 2.05) is 73.7 Å². The van der Waals surface area contributed by atoms with Gasteiger partial charge >= 0.3 is 18.1 Å². The molecule has 3 aromatic rings. The number of amides is 3. The number of hydrogen-bond acceptors (Lipinski definition) is 9. The summed E-state index contributed by atoms with van der Waals surface area (Å²) >= 11 is 0. The second-order valence-electron chi connectivity index (χ2n) is 10.9. The Morgan fingerprint density at radius 2 is 1.53 bits per heavy atom. The van der Waals surface area contributed by atoms with Crippen molar-refractivity contribution >= 4 is 18.1 Å². The van der Waals surface area contributed by atoms with Crippen molar-refractivity contribution in [2.24, 2.45) is 0 Å². The smallest absolute Gasteiger partial charge is 0.410 e. The van der Waals surface area contributed by atoms with E-state index >= 15 is 0 Å². The molecule has 0 spiro atoms. The molecular formula is C35H43N3O9. The van der Waals surface area contributed by atoms with E-state index in [0.29, 0.717) is 29.4 Å². The number of carbonyl (C=O) groups excluding carboxylic acids is 3. The van der Waals surface area contributed by atoms with Gasteiger partial charge in [-0.05, 0) is 59.5 Å². The van der Waals surface area contributed by atoms with Crippen molar-refractivity contribution in [2.45, 2.75) is 51.2 Å². The molecule has 12 heteroatoms. The van der Waals surface area contributed by atoms with E-state index in [2.05, 4.69) is 15.4 Å². The van der Waals surface area contributed by atoms with Gasteiger partial charge in [0, 0.05) is 13.1 Å². The summed E-state index contributed by atoms with van der Waals surface area (Å²) in [7, 11) is 4.49. The highest BCUT2D eigenvalue weighted by molar-refractivity contribution is 5.76. The molecule has 4 rings (SSSR count). The van der Waals surface area contributed by atoms with E-state index in [1.54, 1.807) is 19.1 Å². The van der Waals surface area contributed by atoms with Crippen molar-refractivity contribution in [2.75, 3.05) is 41.3 Å². The van der Waals surface area contributed by atoms with E-state index in [0.717, 1.165) is 29.5 Å². The summed E-state index contributed by atoms with van der Waals surface area (Å²) in [6.45, 7) is 2.42. The van der Waals surface area contributed by atoms with Crippen LogP contribution >= 0.6 is 0 Å². The molecule has 0 radical (unpaired) electrons. The molecule has 1 heterocycles. The van der Waals surface area contributed by atoms with Crippen LogP contribution in [0.4, 0.5) is 9.59 Å². The fraction of sp³-hybridized carbons (Fsp3) is 0.400. The fourth-order valence-corrected chi connectivity index (χ4v) is 5.13. The number of methoxy groups -OCH3 is 3. The third kappa shape index (κ3) is 9.93. The highest BCUT2D eigenvalue weighted by atomic mass is 16.7. The Kier molecular flexibility index (Phi) is 13.0. The van der Waals surface area contributed by atoms with Gasteiger partial charge in [0.1, 0.15) is 18.1 Å². The topological polar surface area (TPSA) is 134 Å². The van der Waals surface area contributed by atoms with Crippen molar-refractivity contribution < 1.29 is 42.8 Å². The number of ether oxygens (including phenoxy) is 6. The molecule has 3 aromatic carbocycles. The molecule has 0 saturated heterocycles. The molecule has 47 heavy (non-hydrogen) atoms. The van der Waals surface area contributed by atoms with Crippen LogP contribution in [0.3, 0.4) is 0 Å². The quantitative estimate of drug-likeness (QED) is 0.191. The molecule has 0 aliphatic carbocycles. The van der Waals surface area contributed by atoms with Gasteiger partial charge in [-0.1, -0.05) is 50.1 Å². The number of nitrogens with zero attached hydrogens (tertiary/aromatic N) is 1. The highest BCUT2D eigenvalue weighted by Gasteiger charge is 2.31. The molecule has 3 amide bonds. The Bertz CT molecular complexity index is 1460. The number of benzene rings is 3. The first kappa shape index (κ1) is 34.7. The second-order valence-corrected chi connectivity index (χ2v) is 10.9. The van der Waals surface area contributed by atoms with Gasteiger partial charge in [-0.2, -0.15) is 0 Å². The van der Waals surface area contributed by atoms with Crippen molar-refractivity contribution in [1.29, 1.82) is 0 Å². The van der Waals surface area contributed by atoms with Gasteiger partial charge in [0.15, 0.2) is 11.5 Å². The van der Waals surface area contributed by atoms with E-state index in [4.69, 9.17) is 23.7 Å². The zero-order valence-electron chi connectivity index (χ0n) is 27.3. The van der Waals surface area contributed by atoms with Crippen LogP contribution in [0.25, 0.3) is 0 Å². The van der Waals surface area contributed by atoms with Gasteiger partial charge in [-0.25, -0.2) is 9.59 Å². The zero-order valence-corrected chi connectivity index (χ0v) is 27.3. The summed E-state index contributed by atoms with van der Waals surface area (Å²) in [5.74, 6) is 2.16. The van der Waals surface area contributed by atoms with Crippen molar-refractivity contribution in [3.8, 4) is 23.0 Å². The van der Waals surface area contributed by atoms with Gasteiger partial charge in [-0.15, -0.1) is 0 Å². The molecule has 1 unspecified atom stereocenters. The summed E-state index contributed by atoms with van der Waals surface area (Å²) in [5.41, 5.74) is 2.46. The largest absolute Gasteiger partial charge is 0.497 e. The minimum absolute atomic E-state index is 0.0471. The highest BCUT2D eigenvalue weighted by Crippen LogP contribution is 2.39. The predicted octanol–water partition coefficient (Wildman–Crippen LogP) is 5.58. The first-order valence-electron chi connectivity index (χ1n) is 15.6. The number of nitrogens with one attached hydrogen (secondary N) is 2. The number of unbranched alkanes of at least 4 members (excludes halogenated alkanes) is 1. The molecule has 0 fully saturated rings. The average Bonchev–Trinajstić information content (AvgIpc) is 3.57. The molecule has 12 nitrogen and oxygen atoms in total. The van der Waals surface area contributed by atoms with Crippen molar-refractivity contribution in [3.05, 3.63) is 83.4 Å². The zero-order chi connectivity index (χ0) is 33.6. The van der Waals surface area contributed by atoms with Crippen molar-refractivity contribution in [1.82, 2.24) is 15.5 Å². The van der Waals surface area contributed by atoms with Crippen LogP contribution in [-0.4, -0.2) is 70.3 Å². The molecule has 1 aliphatic rings. The van der Waals surface area contributed by atoms with Gasteiger partial charge in [0.2, 0.25) is 6.79 Å². The lowest BCUT2D eigenvalue weighted by atomic mass is 9.96. The molecule has 0 aromatic heterocycles. The first-order chi connectivity index (χ1) is 22.8. The number of esters is 1. The number of urea groups is 1. The van der Waals surface area contributed by atoms with Crippen LogP contribution in [0.2, 0.25) is 0 Å². The van der Waals surface area contributed by atoms with E-state index < -0.39 is 30.2 Å². The third-order valence-electron chi connectivity index (χ3n) is 7.69. The monoisotopic (exact) mass is 649 g/mol. The van der Waals surface area contributed by atoms with Crippen molar-refractivity contribution in [3.63, 3.8) is 0 Å². The Hall–Kier alpha value is -5.13. The normalized spacial score (nSPS) is 12.8. The first-order valence-corrected chi connectivity index (χ1v) is 15.6. The number of rotatable bonds is 16. The average molecular weight is 650 g/mol. The molecule has 2 N–H and O–H groups in total.